The third-order valence-corrected chi connectivity index (χ3v) is 3.47. The molecule has 2 rings (SSSR count). The molecule has 1 unspecified atom stereocenters. The SMILES string of the molecule is CCC(C)[C@H](NC(=O)c1ccc2cn[nH]c2c1)C(=O)O. The number of amides is 1. The van der Waals surface area contributed by atoms with Crippen molar-refractivity contribution in [2.24, 2.45) is 5.92 Å². The number of aromatic nitrogens is 2. The van der Waals surface area contributed by atoms with E-state index in [-0.39, 0.29) is 5.92 Å². The van der Waals surface area contributed by atoms with E-state index >= 15 is 0 Å². The molecular formula is C14H17N3O3. The average molecular weight is 275 g/mol. The lowest BCUT2D eigenvalue weighted by atomic mass is 9.99. The summed E-state index contributed by atoms with van der Waals surface area (Å²) in [5.41, 5.74) is 1.16. The number of carbonyl (C=O) groups is 2. The smallest absolute Gasteiger partial charge is 0.326 e. The van der Waals surface area contributed by atoms with Crippen molar-refractivity contribution < 1.29 is 14.7 Å². The number of carbonyl (C=O) groups excluding carboxylic acids is 1. The molecule has 6 nitrogen and oxygen atoms in total. The van der Waals surface area contributed by atoms with Crippen molar-refractivity contribution in [1.82, 2.24) is 15.5 Å². The van der Waals surface area contributed by atoms with Crippen LogP contribution in [-0.4, -0.2) is 33.2 Å². The molecule has 1 aromatic heterocycles. The number of rotatable bonds is 5. The van der Waals surface area contributed by atoms with E-state index in [1.54, 1.807) is 31.3 Å². The van der Waals surface area contributed by atoms with Crippen LogP contribution in [0.4, 0.5) is 0 Å². The standard InChI is InChI=1S/C14H17N3O3/c1-3-8(2)12(14(19)20)16-13(18)9-4-5-10-7-15-17-11(10)6-9/h4-8,12H,3H2,1-2H3,(H,15,17)(H,16,18)(H,19,20)/t8?,12-/m0/s1. The Morgan fingerprint density at radius 3 is 2.85 bits per heavy atom. The number of hydrogen-bond donors (Lipinski definition) is 3. The molecule has 0 saturated heterocycles. The Labute approximate surface area is 116 Å². The predicted octanol–water partition coefficient (Wildman–Crippen LogP) is 1.79. The molecule has 2 aromatic rings. The van der Waals surface area contributed by atoms with Crippen molar-refractivity contribution in [2.75, 3.05) is 0 Å². The number of nitrogens with one attached hydrogen (secondary N) is 2. The average Bonchev–Trinajstić information content (AvgIpc) is 2.90. The minimum absolute atomic E-state index is 0.132. The molecule has 0 aliphatic carbocycles. The highest BCUT2D eigenvalue weighted by atomic mass is 16.4. The van der Waals surface area contributed by atoms with Gasteiger partial charge in [0.2, 0.25) is 0 Å². The summed E-state index contributed by atoms with van der Waals surface area (Å²) in [5, 5.41) is 19.3. The van der Waals surface area contributed by atoms with Crippen molar-refractivity contribution in [3.63, 3.8) is 0 Å². The molecule has 0 saturated carbocycles. The highest BCUT2D eigenvalue weighted by Crippen LogP contribution is 2.14. The Morgan fingerprint density at radius 1 is 1.45 bits per heavy atom. The topological polar surface area (TPSA) is 95.1 Å². The fraction of sp³-hybridized carbons (Fsp3) is 0.357. The summed E-state index contributed by atoms with van der Waals surface area (Å²) in [5.74, 6) is -1.54. The third kappa shape index (κ3) is 2.79. The molecule has 20 heavy (non-hydrogen) atoms. The van der Waals surface area contributed by atoms with Crippen LogP contribution >= 0.6 is 0 Å². The fourth-order valence-electron chi connectivity index (χ4n) is 1.99. The van der Waals surface area contributed by atoms with Gasteiger partial charge in [-0.2, -0.15) is 5.10 Å². The molecule has 2 atom stereocenters. The number of fused-ring (bicyclic) bond motifs is 1. The first-order chi connectivity index (χ1) is 9.52. The van der Waals surface area contributed by atoms with Gasteiger partial charge in [0, 0.05) is 10.9 Å². The molecule has 6 heteroatoms. The fourth-order valence-corrected chi connectivity index (χ4v) is 1.99. The Bertz CT molecular complexity index is 635. The number of carboxylic acids is 1. The number of aromatic amines is 1. The number of aliphatic carboxylic acids is 1. The molecule has 1 aromatic carbocycles. The lowest BCUT2D eigenvalue weighted by molar-refractivity contribution is -0.140. The van der Waals surface area contributed by atoms with Gasteiger partial charge >= 0.3 is 5.97 Å². The van der Waals surface area contributed by atoms with Crippen LogP contribution in [0.3, 0.4) is 0 Å². The largest absolute Gasteiger partial charge is 0.480 e. The molecule has 0 fully saturated rings. The summed E-state index contributed by atoms with van der Waals surface area (Å²) in [4.78, 5) is 23.3. The van der Waals surface area contributed by atoms with E-state index in [1.165, 1.54) is 0 Å². The van der Waals surface area contributed by atoms with Gasteiger partial charge in [-0.3, -0.25) is 9.89 Å². The van der Waals surface area contributed by atoms with Gasteiger partial charge in [0.25, 0.3) is 5.91 Å². The van der Waals surface area contributed by atoms with Crippen molar-refractivity contribution in [2.45, 2.75) is 26.3 Å². The van der Waals surface area contributed by atoms with E-state index in [2.05, 4.69) is 15.5 Å². The van der Waals surface area contributed by atoms with E-state index < -0.39 is 17.9 Å². The monoisotopic (exact) mass is 275 g/mol. The van der Waals surface area contributed by atoms with Gasteiger partial charge in [-0.1, -0.05) is 26.3 Å². The maximum atomic E-state index is 12.1. The first-order valence-corrected chi connectivity index (χ1v) is 6.49. The lowest BCUT2D eigenvalue weighted by Gasteiger charge is -2.20. The number of H-pyrrole nitrogens is 1. The summed E-state index contributed by atoms with van der Waals surface area (Å²) in [6.45, 7) is 3.70. The molecule has 0 aliphatic heterocycles. The van der Waals surface area contributed by atoms with Gasteiger partial charge in [-0.15, -0.1) is 0 Å². The highest BCUT2D eigenvalue weighted by Gasteiger charge is 2.25. The van der Waals surface area contributed by atoms with Gasteiger partial charge in [0.05, 0.1) is 11.7 Å². The zero-order valence-electron chi connectivity index (χ0n) is 11.4. The summed E-state index contributed by atoms with van der Waals surface area (Å²) in [6.07, 6.45) is 2.34. The molecular weight excluding hydrogens is 258 g/mol. The Morgan fingerprint density at radius 2 is 2.20 bits per heavy atom. The summed E-state index contributed by atoms with van der Waals surface area (Å²) in [6, 6.07) is 4.20. The van der Waals surface area contributed by atoms with Crippen LogP contribution in [0.5, 0.6) is 0 Å². The minimum Gasteiger partial charge on any atom is -0.480 e. The Hall–Kier alpha value is -2.37. The van der Waals surface area contributed by atoms with Crippen LogP contribution in [0, 0.1) is 5.92 Å². The number of hydrogen-bond acceptors (Lipinski definition) is 3. The normalized spacial score (nSPS) is 13.9. The van der Waals surface area contributed by atoms with Crippen molar-refractivity contribution >= 4 is 22.8 Å². The van der Waals surface area contributed by atoms with Crippen LogP contribution < -0.4 is 5.32 Å². The van der Waals surface area contributed by atoms with Crippen LogP contribution in [0.15, 0.2) is 24.4 Å². The second kappa shape index (κ2) is 5.73. The quantitative estimate of drug-likeness (QED) is 0.775. The summed E-state index contributed by atoms with van der Waals surface area (Å²) in [7, 11) is 0. The molecule has 0 spiro atoms. The molecule has 1 heterocycles. The van der Waals surface area contributed by atoms with Crippen molar-refractivity contribution in [3.8, 4) is 0 Å². The van der Waals surface area contributed by atoms with E-state index in [4.69, 9.17) is 0 Å². The van der Waals surface area contributed by atoms with Crippen LogP contribution in [-0.2, 0) is 4.79 Å². The maximum Gasteiger partial charge on any atom is 0.326 e. The number of nitrogens with zero attached hydrogens (tertiary/aromatic N) is 1. The van der Waals surface area contributed by atoms with Crippen molar-refractivity contribution in [1.29, 1.82) is 0 Å². The molecule has 0 bridgehead atoms. The van der Waals surface area contributed by atoms with E-state index in [9.17, 15) is 14.7 Å². The third-order valence-electron chi connectivity index (χ3n) is 3.47. The van der Waals surface area contributed by atoms with E-state index in [0.29, 0.717) is 12.0 Å². The molecule has 1 amide bonds. The second-order valence-corrected chi connectivity index (χ2v) is 4.85. The van der Waals surface area contributed by atoms with Gasteiger partial charge in [0.15, 0.2) is 0 Å². The summed E-state index contributed by atoms with van der Waals surface area (Å²) >= 11 is 0. The van der Waals surface area contributed by atoms with E-state index in [0.717, 1.165) is 10.9 Å². The van der Waals surface area contributed by atoms with E-state index in [1.807, 2.05) is 6.92 Å². The van der Waals surface area contributed by atoms with Gasteiger partial charge < -0.3 is 10.4 Å². The van der Waals surface area contributed by atoms with Gasteiger partial charge in [-0.05, 0) is 18.1 Å². The molecule has 106 valence electrons. The number of carboxylic acid groups (broad SMARTS) is 1. The second-order valence-electron chi connectivity index (χ2n) is 4.85. The zero-order valence-corrected chi connectivity index (χ0v) is 11.4. The van der Waals surface area contributed by atoms with Crippen LogP contribution in [0.1, 0.15) is 30.6 Å². The van der Waals surface area contributed by atoms with Gasteiger partial charge in [0.1, 0.15) is 6.04 Å². The molecule has 0 aliphatic rings. The predicted molar refractivity (Wildman–Crippen MR) is 74.4 cm³/mol. The van der Waals surface area contributed by atoms with Crippen molar-refractivity contribution in [3.05, 3.63) is 30.0 Å². The van der Waals surface area contributed by atoms with Gasteiger partial charge in [-0.25, -0.2) is 4.79 Å². The first-order valence-electron chi connectivity index (χ1n) is 6.49. The van der Waals surface area contributed by atoms with Crippen LogP contribution in [0.25, 0.3) is 10.9 Å². The maximum absolute atomic E-state index is 12.1. The lowest BCUT2D eigenvalue weighted by Crippen LogP contribution is -2.45. The minimum atomic E-state index is -1.02. The summed E-state index contributed by atoms with van der Waals surface area (Å²) < 4.78 is 0. The zero-order chi connectivity index (χ0) is 14.7. The Kier molecular flexibility index (Phi) is 4.02. The Balaban J connectivity index is 2.19. The highest BCUT2D eigenvalue weighted by molar-refractivity contribution is 5.99. The molecule has 3 N–H and O–H groups in total. The first kappa shape index (κ1) is 14.0. The van der Waals surface area contributed by atoms with Crippen LogP contribution in [0.2, 0.25) is 0 Å². The molecule has 0 radical (unpaired) electrons. The number of benzene rings is 1.